The lowest BCUT2D eigenvalue weighted by Gasteiger charge is -2.48. The van der Waals surface area contributed by atoms with E-state index in [4.69, 9.17) is 21.0 Å². The van der Waals surface area contributed by atoms with E-state index in [2.05, 4.69) is 32.7 Å². The average molecular weight is 507 g/mol. The lowest BCUT2D eigenvalue weighted by Crippen LogP contribution is -2.62. The summed E-state index contributed by atoms with van der Waals surface area (Å²) in [5.41, 5.74) is 4.68. The fraction of sp³-hybridized carbons (Fsp3) is 0.423. The maximum absolute atomic E-state index is 12.2. The second-order valence-corrected chi connectivity index (χ2v) is 10.3. The molecule has 2 N–H and O–H groups in total. The van der Waals surface area contributed by atoms with E-state index in [9.17, 15) is 9.59 Å². The zero-order valence-corrected chi connectivity index (χ0v) is 20.9. The second kappa shape index (κ2) is 8.89. The summed E-state index contributed by atoms with van der Waals surface area (Å²) in [6.07, 6.45) is 3.13. The van der Waals surface area contributed by atoms with Crippen LogP contribution in [-0.4, -0.2) is 45.6 Å². The van der Waals surface area contributed by atoms with Crippen molar-refractivity contribution >= 4 is 35.1 Å². The van der Waals surface area contributed by atoms with Crippen LogP contribution in [-0.2, 0) is 9.59 Å². The molecule has 186 valence electrons. The van der Waals surface area contributed by atoms with Crippen LogP contribution in [0.25, 0.3) is 11.5 Å². The van der Waals surface area contributed by atoms with E-state index in [1.807, 2.05) is 37.3 Å². The number of imide groups is 1. The Morgan fingerprint density at radius 3 is 2.69 bits per heavy atom. The Hall–Kier alpha value is -3.46. The maximum atomic E-state index is 12.2. The van der Waals surface area contributed by atoms with Crippen molar-refractivity contribution in [2.24, 2.45) is 0 Å². The molecule has 3 aromatic rings. The predicted molar refractivity (Wildman–Crippen MR) is 135 cm³/mol. The summed E-state index contributed by atoms with van der Waals surface area (Å²) < 4.78 is 5.97. The van der Waals surface area contributed by atoms with Crippen molar-refractivity contribution in [2.45, 2.75) is 63.5 Å². The molecule has 9 nitrogen and oxygen atoms in total. The summed E-state index contributed by atoms with van der Waals surface area (Å²) in [5.74, 6) is 0.131. The monoisotopic (exact) mass is 506 g/mol. The number of carbonyl (C=O) groups excluding carboxylic acids is 2. The van der Waals surface area contributed by atoms with Crippen molar-refractivity contribution in [3.05, 3.63) is 52.3 Å². The van der Waals surface area contributed by atoms with Gasteiger partial charge in [-0.3, -0.25) is 19.9 Å². The normalized spacial score (nSPS) is 23.9. The molecule has 2 amide bonds. The Kier molecular flexibility index (Phi) is 5.67. The minimum Gasteiger partial charge on any atom is -0.403 e. The summed E-state index contributed by atoms with van der Waals surface area (Å²) in [7, 11) is 0. The number of anilines is 2. The summed E-state index contributed by atoms with van der Waals surface area (Å²) in [5, 5.41) is 14.8. The first-order valence-corrected chi connectivity index (χ1v) is 12.7. The number of rotatable bonds is 6. The molecular formula is C26H27ClN6O3. The third-order valence-corrected chi connectivity index (χ3v) is 7.69. The van der Waals surface area contributed by atoms with E-state index in [0.717, 1.165) is 47.6 Å². The molecule has 3 aliphatic rings. The van der Waals surface area contributed by atoms with Gasteiger partial charge in [-0.25, -0.2) is 0 Å². The van der Waals surface area contributed by atoms with Crippen molar-refractivity contribution in [3.63, 3.8) is 0 Å². The van der Waals surface area contributed by atoms with E-state index < -0.39 is 0 Å². The van der Waals surface area contributed by atoms with Gasteiger partial charge in [0.1, 0.15) is 0 Å². The number of benzene rings is 1. The highest BCUT2D eigenvalue weighted by Gasteiger charge is 2.38. The molecule has 3 fully saturated rings. The molecule has 3 atom stereocenters. The summed E-state index contributed by atoms with van der Waals surface area (Å²) in [6.45, 7) is 4.82. The van der Waals surface area contributed by atoms with Crippen LogP contribution < -0.4 is 15.5 Å². The molecule has 4 heterocycles. The molecule has 1 saturated carbocycles. The third kappa shape index (κ3) is 4.21. The van der Waals surface area contributed by atoms with Crippen molar-refractivity contribution in [1.82, 2.24) is 20.5 Å². The highest BCUT2D eigenvalue weighted by molar-refractivity contribution is 6.33. The number of carbonyl (C=O) groups is 2. The standard InChI is InChI=1S/C26H27ClN6O3/c1-13-3-7-18(23(28-13)15-4-5-15)25-31-32-26(36-25)29-20-12-33(14(20)2)21-9-6-16(11-19(21)27)17-8-10-22(34)30-24(17)35/h3,6-7,9,11,14-15,17,20H,4-5,8,10,12H2,1-2H3,(H,29,32)(H,30,34,35)/t14-,17?,20+/m1/s1. The molecule has 0 radical (unpaired) electrons. The molecule has 0 bridgehead atoms. The number of nitrogens with one attached hydrogen (secondary N) is 2. The maximum Gasteiger partial charge on any atom is 0.316 e. The first-order chi connectivity index (χ1) is 17.4. The predicted octanol–water partition coefficient (Wildman–Crippen LogP) is 4.18. The van der Waals surface area contributed by atoms with E-state index in [-0.39, 0.29) is 29.8 Å². The highest BCUT2D eigenvalue weighted by Crippen LogP contribution is 2.43. The van der Waals surface area contributed by atoms with Gasteiger partial charge < -0.3 is 14.6 Å². The van der Waals surface area contributed by atoms with Gasteiger partial charge in [-0.05, 0) is 62.9 Å². The van der Waals surface area contributed by atoms with Crippen LogP contribution in [0.1, 0.15) is 61.4 Å². The summed E-state index contributed by atoms with van der Waals surface area (Å²) in [4.78, 5) is 30.6. The van der Waals surface area contributed by atoms with Gasteiger partial charge in [0.2, 0.25) is 11.8 Å². The Labute approximate surface area is 213 Å². The molecule has 36 heavy (non-hydrogen) atoms. The number of pyridine rings is 1. The molecule has 0 spiro atoms. The largest absolute Gasteiger partial charge is 0.403 e. The van der Waals surface area contributed by atoms with Gasteiger partial charge in [-0.1, -0.05) is 22.8 Å². The minimum absolute atomic E-state index is 0.114. The number of aromatic nitrogens is 3. The Morgan fingerprint density at radius 1 is 1.14 bits per heavy atom. The minimum atomic E-state index is -0.353. The smallest absolute Gasteiger partial charge is 0.316 e. The van der Waals surface area contributed by atoms with Gasteiger partial charge in [0, 0.05) is 30.6 Å². The first kappa shape index (κ1) is 23.0. The van der Waals surface area contributed by atoms with E-state index >= 15 is 0 Å². The number of hydrogen-bond acceptors (Lipinski definition) is 8. The first-order valence-electron chi connectivity index (χ1n) is 12.3. The lowest BCUT2D eigenvalue weighted by molar-refractivity contribution is -0.134. The molecule has 2 aliphatic heterocycles. The number of piperidine rings is 1. The van der Waals surface area contributed by atoms with Crippen LogP contribution in [0.15, 0.2) is 34.7 Å². The lowest BCUT2D eigenvalue weighted by atomic mass is 9.90. The molecular weight excluding hydrogens is 480 g/mol. The Balaban J connectivity index is 1.12. The summed E-state index contributed by atoms with van der Waals surface area (Å²) >= 11 is 6.63. The number of aryl methyl sites for hydroxylation is 1. The topological polar surface area (TPSA) is 113 Å². The van der Waals surface area contributed by atoms with Crippen molar-refractivity contribution in [1.29, 1.82) is 0 Å². The fourth-order valence-corrected chi connectivity index (χ4v) is 5.35. The van der Waals surface area contributed by atoms with E-state index in [1.165, 1.54) is 0 Å². The van der Waals surface area contributed by atoms with Gasteiger partial charge in [0.15, 0.2) is 0 Å². The van der Waals surface area contributed by atoms with Crippen molar-refractivity contribution in [3.8, 4) is 11.5 Å². The number of halogens is 1. The molecule has 10 heteroatoms. The van der Waals surface area contributed by atoms with Gasteiger partial charge in [-0.2, -0.15) is 0 Å². The number of nitrogens with zero attached hydrogens (tertiary/aromatic N) is 4. The molecule has 2 saturated heterocycles. The molecule has 2 aromatic heterocycles. The van der Waals surface area contributed by atoms with Crippen LogP contribution in [0, 0.1) is 6.92 Å². The summed E-state index contributed by atoms with van der Waals surface area (Å²) in [6, 6.07) is 10.3. The quantitative estimate of drug-likeness (QED) is 0.479. The number of amides is 2. The van der Waals surface area contributed by atoms with Crippen LogP contribution in [0.2, 0.25) is 5.02 Å². The van der Waals surface area contributed by atoms with Gasteiger partial charge in [0.05, 0.1) is 33.9 Å². The fourth-order valence-electron chi connectivity index (χ4n) is 5.05. The van der Waals surface area contributed by atoms with Crippen LogP contribution in [0.5, 0.6) is 0 Å². The van der Waals surface area contributed by atoms with E-state index in [0.29, 0.717) is 35.7 Å². The van der Waals surface area contributed by atoms with Crippen molar-refractivity contribution < 1.29 is 14.0 Å². The Bertz CT molecular complexity index is 1350. The van der Waals surface area contributed by atoms with Crippen LogP contribution in [0.4, 0.5) is 11.7 Å². The van der Waals surface area contributed by atoms with Crippen LogP contribution >= 0.6 is 11.6 Å². The molecule has 1 aliphatic carbocycles. The zero-order valence-electron chi connectivity index (χ0n) is 20.1. The SMILES string of the molecule is Cc1ccc(-c2nnc(N[C@H]3CN(c4ccc(C5CCC(=O)NC5=O)cc4Cl)[C@@H]3C)o2)c(C2CC2)n1. The van der Waals surface area contributed by atoms with Gasteiger partial charge in [0.25, 0.3) is 5.89 Å². The van der Waals surface area contributed by atoms with Crippen LogP contribution in [0.3, 0.4) is 0 Å². The van der Waals surface area contributed by atoms with Gasteiger partial charge in [-0.15, -0.1) is 5.10 Å². The Morgan fingerprint density at radius 2 is 1.97 bits per heavy atom. The molecule has 1 aromatic carbocycles. The second-order valence-electron chi connectivity index (χ2n) is 9.93. The highest BCUT2D eigenvalue weighted by atomic mass is 35.5. The van der Waals surface area contributed by atoms with E-state index in [1.54, 1.807) is 0 Å². The third-order valence-electron chi connectivity index (χ3n) is 7.38. The zero-order chi connectivity index (χ0) is 25.0. The average Bonchev–Trinajstić information content (AvgIpc) is 3.60. The molecule has 6 rings (SSSR count). The molecule has 1 unspecified atom stereocenters. The van der Waals surface area contributed by atoms with Crippen molar-refractivity contribution in [2.75, 3.05) is 16.8 Å². The number of hydrogen-bond donors (Lipinski definition) is 2. The van der Waals surface area contributed by atoms with Gasteiger partial charge >= 0.3 is 6.01 Å².